The standard InChI is InChI=1S/C17H17Br2NO2/c1-12(22-16-8-7-14(18)11-15(16)19)17(21)20-10-9-13-5-3-2-4-6-13/h2-8,11-12H,9-10H2,1H3,(H,20,21)/t12-/m0/s1. The second kappa shape index (κ2) is 8.34. The molecule has 0 radical (unpaired) electrons. The van der Waals surface area contributed by atoms with E-state index in [1.54, 1.807) is 6.92 Å². The van der Waals surface area contributed by atoms with Crippen LogP contribution < -0.4 is 10.1 Å². The van der Waals surface area contributed by atoms with Crippen LogP contribution >= 0.6 is 31.9 Å². The molecule has 0 bridgehead atoms. The quantitative estimate of drug-likeness (QED) is 0.746. The van der Waals surface area contributed by atoms with Crippen LogP contribution in [0.2, 0.25) is 0 Å². The molecule has 0 fully saturated rings. The average Bonchev–Trinajstić information content (AvgIpc) is 2.51. The Hall–Kier alpha value is -1.33. The highest BCUT2D eigenvalue weighted by Gasteiger charge is 2.15. The van der Waals surface area contributed by atoms with Crippen LogP contribution in [0.5, 0.6) is 5.75 Å². The van der Waals surface area contributed by atoms with Gasteiger partial charge in [0.05, 0.1) is 4.47 Å². The van der Waals surface area contributed by atoms with Crippen LogP contribution in [0, 0.1) is 0 Å². The fourth-order valence-corrected chi connectivity index (χ4v) is 3.07. The van der Waals surface area contributed by atoms with Crippen LogP contribution in [-0.2, 0) is 11.2 Å². The number of carbonyl (C=O) groups is 1. The Kier molecular flexibility index (Phi) is 6.46. The topological polar surface area (TPSA) is 38.3 Å². The van der Waals surface area contributed by atoms with Crippen LogP contribution in [0.25, 0.3) is 0 Å². The average molecular weight is 427 g/mol. The molecule has 0 saturated heterocycles. The normalized spacial score (nSPS) is 11.8. The maximum Gasteiger partial charge on any atom is 0.260 e. The zero-order valence-electron chi connectivity index (χ0n) is 12.2. The van der Waals surface area contributed by atoms with Gasteiger partial charge in [-0.05, 0) is 53.0 Å². The maximum absolute atomic E-state index is 12.1. The number of amides is 1. The molecule has 1 atom stereocenters. The summed E-state index contributed by atoms with van der Waals surface area (Å²) in [7, 11) is 0. The van der Waals surface area contributed by atoms with E-state index in [0.29, 0.717) is 12.3 Å². The van der Waals surface area contributed by atoms with E-state index >= 15 is 0 Å². The van der Waals surface area contributed by atoms with Gasteiger partial charge in [-0.1, -0.05) is 46.3 Å². The van der Waals surface area contributed by atoms with Crippen molar-refractivity contribution >= 4 is 37.8 Å². The third-order valence-corrected chi connectivity index (χ3v) is 4.24. The van der Waals surface area contributed by atoms with Gasteiger partial charge < -0.3 is 10.1 Å². The predicted molar refractivity (Wildman–Crippen MR) is 95.1 cm³/mol. The van der Waals surface area contributed by atoms with E-state index in [-0.39, 0.29) is 5.91 Å². The number of hydrogen-bond acceptors (Lipinski definition) is 2. The van der Waals surface area contributed by atoms with Gasteiger partial charge in [0.2, 0.25) is 0 Å². The Morgan fingerprint density at radius 1 is 1.18 bits per heavy atom. The fraction of sp³-hybridized carbons (Fsp3) is 0.235. The molecule has 1 N–H and O–H groups in total. The smallest absolute Gasteiger partial charge is 0.260 e. The molecular weight excluding hydrogens is 410 g/mol. The van der Waals surface area contributed by atoms with Crippen LogP contribution in [0.4, 0.5) is 0 Å². The molecule has 116 valence electrons. The molecule has 0 unspecified atom stereocenters. The zero-order chi connectivity index (χ0) is 15.9. The molecule has 0 heterocycles. The van der Waals surface area contributed by atoms with Gasteiger partial charge >= 0.3 is 0 Å². The largest absolute Gasteiger partial charge is 0.480 e. The minimum Gasteiger partial charge on any atom is -0.480 e. The Morgan fingerprint density at radius 2 is 1.91 bits per heavy atom. The molecule has 0 aromatic heterocycles. The van der Waals surface area contributed by atoms with Crippen molar-refractivity contribution in [1.82, 2.24) is 5.32 Å². The van der Waals surface area contributed by atoms with Crippen molar-refractivity contribution in [2.75, 3.05) is 6.54 Å². The molecule has 22 heavy (non-hydrogen) atoms. The summed E-state index contributed by atoms with van der Waals surface area (Å²) in [6.45, 7) is 2.34. The fourth-order valence-electron chi connectivity index (χ4n) is 1.93. The van der Waals surface area contributed by atoms with Crippen LogP contribution in [0.15, 0.2) is 57.5 Å². The molecule has 5 heteroatoms. The van der Waals surface area contributed by atoms with E-state index in [1.807, 2.05) is 48.5 Å². The van der Waals surface area contributed by atoms with Crippen molar-refractivity contribution in [2.45, 2.75) is 19.4 Å². The van der Waals surface area contributed by atoms with Gasteiger partial charge in [-0.15, -0.1) is 0 Å². The van der Waals surface area contributed by atoms with Gasteiger partial charge in [-0.25, -0.2) is 0 Å². The first-order chi connectivity index (χ1) is 10.6. The minimum atomic E-state index is -0.548. The molecule has 0 spiro atoms. The number of halogens is 2. The third kappa shape index (κ3) is 5.14. The summed E-state index contributed by atoms with van der Waals surface area (Å²) >= 11 is 6.80. The molecule has 1 amide bonds. The molecule has 3 nitrogen and oxygen atoms in total. The van der Waals surface area contributed by atoms with Crippen LogP contribution in [0.1, 0.15) is 12.5 Å². The van der Waals surface area contributed by atoms with Gasteiger partial charge in [0, 0.05) is 11.0 Å². The first kappa shape index (κ1) is 17.0. The van der Waals surface area contributed by atoms with E-state index in [2.05, 4.69) is 37.2 Å². The molecule has 0 aliphatic heterocycles. The molecule has 0 aliphatic carbocycles. The van der Waals surface area contributed by atoms with Crippen molar-refractivity contribution < 1.29 is 9.53 Å². The lowest BCUT2D eigenvalue weighted by Gasteiger charge is -2.16. The third-order valence-electron chi connectivity index (χ3n) is 3.12. The van der Waals surface area contributed by atoms with Gasteiger partial charge in [-0.3, -0.25) is 4.79 Å². The summed E-state index contributed by atoms with van der Waals surface area (Å²) in [6.07, 6.45) is 0.259. The Bertz CT molecular complexity index is 632. The van der Waals surface area contributed by atoms with Gasteiger partial charge in [0.25, 0.3) is 5.91 Å². The Morgan fingerprint density at radius 3 is 2.59 bits per heavy atom. The summed E-state index contributed by atoms with van der Waals surface area (Å²) in [5, 5.41) is 2.89. The maximum atomic E-state index is 12.1. The van der Waals surface area contributed by atoms with Crippen LogP contribution in [0.3, 0.4) is 0 Å². The van der Waals surface area contributed by atoms with Crippen molar-refractivity contribution in [3.63, 3.8) is 0 Å². The second-order valence-corrected chi connectivity index (χ2v) is 6.63. The molecule has 2 aromatic carbocycles. The van der Waals surface area contributed by atoms with E-state index in [4.69, 9.17) is 4.74 Å². The van der Waals surface area contributed by atoms with Crippen molar-refractivity contribution in [3.8, 4) is 5.75 Å². The number of carbonyl (C=O) groups excluding carboxylic acids is 1. The molecule has 2 aromatic rings. The molecule has 0 aliphatic rings. The molecule has 2 rings (SSSR count). The first-order valence-electron chi connectivity index (χ1n) is 6.99. The predicted octanol–water partition coefficient (Wildman–Crippen LogP) is 4.34. The number of nitrogens with one attached hydrogen (secondary N) is 1. The summed E-state index contributed by atoms with van der Waals surface area (Å²) in [6, 6.07) is 15.6. The summed E-state index contributed by atoms with van der Waals surface area (Å²) < 4.78 is 7.45. The lowest BCUT2D eigenvalue weighted by molar-refractivity contribution is -0.127. The summed E-state index contributed by atoms with van der Waals surface area (Å²) in [5.74, 6) is 0.527. The van der Waals surface area contributed by atoms with Gasteiger partial charge in [0.15, 0.2) is 6.10 Å². The van der Waals surface area contributed by atoms with E-state index in [1.165, 1.54) is 5.56 Å². The van der Waals surface area contributed by atoms with Crippen molar-refractivity contribution in [3.05, 3.63) is 63.0 Å². The highest BCUT2D eigenvalue weighted by molar-refractivity contribution is 9.11. The lowest BCUT2D eigenvalue weighted by atomic mass is 10.1. The lowest BCUT2D eigenvalue weighted by Crippen LogP contribution is -2.37. The zero-order valence-corrected chi connectivity index (χ0v) is 15.4. The Balaban J connectivity index is 1.82. The minimum absolute atomic E-state index is 0.120. The van der Waals surface area contributed by atoms with Crippen molar-refractivity contribution in [2.24, 2.45) is 0 Å². The molecular formula is C17H17Br2NO2. The first-order valence-corrected chi connectivity index (χ1v) is 8.58. The number of ether oxygens (including phenoxy) is 1. The summed E-state index contributed by atoms with van der Waals surface area (Å²) in [5.41, 5.74) is 1.20. The second-order valence-electron chi connectivity index (χ2n) is 4.86. The number of benzene rings is 2. The number of hydrogen-bond donors (Lipinski definition) is 1. The SMILES string of the molecule is C[C@H](Oc1ccc(Br)cc1Br)C(=O)NCCc1ccccc1. The van der Waals surface area contributed by atoms with Gasteiger partial charge in [0.1, 0.15) is 5.75 Å². The molecule has 0 saturated carbocycles. The van der Waals surface area contributed by atoms with E-state index in [9.17, 15) is 4.79 Å². The monoisotopic (exact) mass is 425 g/mol. The van der Waals surface area contributed by atoms with Crippen LogP contribution in [-0.4, -0.2) is 18.6 Å². The van der Waals surface area contributed by atoms with Gasteiger partial charge in [-0.2, -0.15) is 0 Å². The summed E-state index contributed by atoms with van der Waals surface area (Å²) in [4.78, 5) is 12.1. The van der Waals surface area contributed by atoms with E-state index in [0.717, 1.165) is 15.4 Å². The van der Waals surface area contributed by atoms with Crippen molar-refractivity contribution in [1.29, 1.82) is 0 Å². The highest BCUT2D eigenvalue weighted by Crippen LogP contribution is 2.28. The highest BCUT2D eigenvalue weighted by atomic mass is 79.9. The van der Waals surface area contributed by atoms with E-state index < -0.39 is 6.10 Å². The Labute approximate surface area is 147 Å². The number of rotatable bonds is 6.